The van der Waals surface area contributed by atoms with Gasteiger partial charge in [0.1, 0.15) is 11.4 Å². The minimum atomic E-state index is -0.00216. The van der Waals surface area contributed by atoms with Crippen LogP contribution in [0.25, 0.3) is 11.7 Å². The Balaban J connectivity index is 1.32. The maximum Gasteiger partial charge on any atom is 0.246 e. The van der Waals surface area contributed by atoms with Crippen molar-refractivity contribution >= 4 is 29.2 Å². The number of nitrogens with zero attached hydrogens (tertiary/aromatic N) is 4. The first-order chi connectivity index (χ1) is 14.6. The number of aromatic nitrogens is 2. The number of rotatable bonds is 6. The highest BCUT2D eigenvalue weighted by Gasteiger charge is 2.20. The molecule has 0 radical (unpaired) electrons. The first-order valence-corrected chi connectivity index (χ1v) is 10.6. The van der Waals surface area contributed by atoms with Crippen LogP contribution in [-0.2, 0) is 11.3 Å². The summed E-state index contributed by atoms with van der Waals surface area (Å²) in [6, 6.07) is 13.9. The third-order valence-corrected chi connectivity index (χ3v) is 5.51. The standard InChI is InChI=1S/C23H25ClN4O2/c1-2-30-19-8-6-18(7-9-19)17-26-13-15-27(16-14-26)22(29)11-10-20-23(24)25-21-5-3-4-12-28(20)21/h3-12H,2,13-17H2,1H3/b11-10+. The molecule has 0 aliphatic carbocycles. The molecule has 0 atom stereocenters. The zero-order chi connectivity index (χ0) is 20.9. The number of fused-ring (bicyclic) bond motifs is 1. The van der Waals surface area contributed by atoms with Gasteiger partial charge >= 0.3 is 0 Å². The van der Waals surface area contributed by atoms with Crippen LogP contribution in [0.15, 0.2) is 54.7 Å². The number of carbonyl (C=O) groups is 1. The van der Waals surface area contributed by atoms with Crippen LogP contribution < -0.4 is 4.74 Å². The lowest BCUT2D eigenvalue weighted by Crippen LogP contribution is -2.47. The number of carbonyl (C=O) groups excluding carboxylic acids is 1. The second kappa shape index (κ2) is 9.32. The van der Waals surface area contributed by atoms with Crippen LogP contribution in [0.5, 0.6) is 5.75 Å². The molecule has 6 nitrogen and oxygen atoms in total. The van der Waals surface area contributed by atoms with Crippen LogP contribution in [0.2, 0.25) is 5.15 Å². The van der Waals surface area contributed by atoms with Crippen molar-refractivity contribution in [1.29, 1.82) is 0 Å². The second-order valence-electron chi connectivity index (χ2n) is 7.23. The molecule has 0 unspecified atom stereocenters. The third kappa shape index (κ3) is 4.66. The first-order valence-electron chi connectivity index (χ1n) is 10.2. The van der Waals surface area contributed by atoms with E-state index in [-0.39, 0.29) is 5.91 Å². The van der Waals surface area contributed by atoms with Crippen molar-refractivity contribution in [1.82, 2.24) is 19.2 Å². The highest BCUT2D eigenvalue weighted by molar-refractivity contribution is 6.31. The quantitative estimate of drug-likeness (QED) is 0.565. The summed E-state index contributed by atoms with van der Waals surface area (Å²) in [5.74, 6) is 0.896. The average molecular weight is 425 g/mol. The predicted molar refractivity (Wildman–Crippen MR) is 119 cm³/mol. The number of hydrogen-bond donors (Lipinski definition) is 0. The van der Waals surface area contributed by atoms with Gasteiger partial charge in [0.25, 0.3) is 0 Å². The molecular weight excluding hydrogens is 400 g/mol. The normalized spacial score (nSPS) is 15.2. The topological polar surface area (TPSA) is 50.1 Å². The van der Waals surface area contributed by atoms with Gasteiger partial charge in [-0.3, -0.25) is 14.1 Å². The average Bonchev–Trinajstić information content (AvgIpc) is 3.09. The molecule has 1 amide bonds. The van der Waals surface area contributed by atoms with E-state index < -0.39 is 0 Å². The van der Waals surface area contributed by atoms with E-state index in [0.29, 0.717) is 24.8 Å². The summed E-state index contributed by atoms with van der Waals surface area (Å²) in [6.45, 7) is 6.65. The molecule has 3 aromatic rings. The van der Waals surface area contributed by atoms with Gasteiger partial charge in [-0.1, -0.05) is 29.8 Å². The Labute approximate surface area is 181 Å². The van der Waals surface area contributed by atoms with E-state index >= 15 is 0 Å². The Bertz CT molecular complexity index is 1040. The fraction of sp³-hybridized carbons (Fsp3) is 0.304. The number of amides is 1. The molecule has 3 heterocycles. The lowest BCUT2D eigenvalue weighted by molar-refractivity contribution is -0.127. The molecule has 0 spiro atoms. The zero-order valence-corrected chi connectivity index (χ0v) is 17.8. The molecule has 0 N–H and O–H groups in total. The van der Waals surface area contributed by atoms with Crippen LogP contribution in [0, 0.1) is 0 Å². The van der Waals surface area contributed by atoms with Gasteiger partial charge in [-0.15, -0.1) is 0 Å². The number of hydrogen-bond acceptors (Lipinski definition) is 4. The van der Waals surface area contributed by atoms with E-state index in [1.54, 1.807) is 12.2 Å². The predicted octanol–water partition coefficient (Wildman–Crippen LogP) is 3.74. The summed E-state index contributed by atoms with van der Waals surface area (Å²) in [7, 11) is 0. The van der Waals surface area contributed by atoms with Crippen LogP contribution in [0.3, 0.4) is 0 Å². The molecule has 2 aromatic heterocycles. The number of pyridine rings is 1. The van der Waals surface area contributed by atoms with Crippen molar-refractivity contribution in [2.75, 3.05) is 32.8 Å². The van der Waals surface area contributed by atoms with Gasteiger partial charge in [0.2, 0.25) is 5.91 Å². The van der Waals surface area contributed by atoms with Crippen molar-refractivity contribution in [3.63, 3.8) is 0 Å². The molecule has 1 aromatic carbocycles. The molecule has 0 saturated carbocycles. The second-order valence-corrected chi connectivity index (χ2v) is 7.59. The summed E-state index contributed by atoms with van der Waals surface area (Å²) in [5, 5.41) is 0.394. The maximum absolute atomic E-state index is 12.6. The van der Waals surface area contributed by atoms with E-state index in [0.717, 1.165) is 36.7 Å². The van der Waals surface area contributed by atoms with Crippen molar-refractivity contribution in [3.05, 3.63) is 71.1 Å². The lowest BCUT2D eigenvalue weighted by atomic mass is 10.2. The number of ether oxygens (including phenoxy) is 1. The van der Waals surface area contributed by atoms with E-state index in [1.807, 2.05) is 52.8 Å². The number of halogens is 1. The van der Waals surface area contributed by atoms with Crippen molar-refractivity contribution in [2.24, 2.45) is 0 Å². The number of imidazole rings is 1. The first kappa shape index (κ1) is 20.4. The zero-order valence-electron chi connectivity index (χ0n) is 17.0. The monoisotopic (exact) mass is 424 g/mol. The fourth-order valence-corrected chi connectivity index (χ4v) is 3.87. The van der Waals surface area contributed by atoms with Crippen molar-refractivity contribution in [3.8, 4) is 5.75 Å². The smallest absolute Gasteiger partial charge is 0.246 e. The number of piperazine rings is 1. The largest absolute Gasteiger partial charge is 0.494 e. The van der Waals surface area contributed by atoms with Crippen LogP contribution in [-0.4, -0.2) is 57.9 Å². The Kier molecular flexibility index (Phi) is 6.35. The molecule has 4 rings (SSSR count). The van der Waals surface area contributed by atoms with Crippen LogP contribution in [0.1, 0.15) is 18.2 Å². The summed E-state index contributed by atoms with van der Waals surface area (Å²) < 4.78 is 7.37. The van der Waals surface area contributed by atoms with Gasteiger partial charge in [0.05, 0.1) is 12.3 Å². The molecule has 1 aliphatic heterocycles. The molecule has 1 aliphatic rings. The lowest BCUT2D eigenvalue weighted by Gasteiger charge is -2.34. The van der Waals surface area contributed by atoms with Crippen molar-refractivity contribution < 1.29 is 9.53 Å². The van der Waals surface area contributed by atoms with Gasteiger partial charge in [-0.2, -0.15) is 0 Å². The number of benzene rings is 1. The summed E-state index contributed by atoms with van der Waals surface area (Å²) in [5.41, 5.74) is 2.73. The summed E-state index contributed by atoms with van der Waals surface area (Å²) in [6.07, 6.45) is 5.22. The van der Waals surface area contributed by atoms with Gasteiger partial charge in [0.15, 0.2) is 5.15 Å². The van der Waals surface area contributed by atoms with Gasteiger partial charge in [-0.05, 0) is 42.8 Å². The van der Waals surface area contributed by atoms with Gasteiger partial charge < -0.3 is 9.64 Å². The van der Waals surface area contributed by atoms with Gasteiger partial charge in [0, 0.05) is 45.0 Å². The van der Waals surface area contributed by atoms with E-state index in [9.17, 15) is 4.79 Å². The highest BCUT2D eigenvalue weighted by Crippen LogP contribution is 2.19. The van der Waals surface area contributed by atoms with E-state index in [2.05, 4.69) is 22.0 Å². The van der Waals surface area contributed by atoms with E-state index in [4.69, 9.17) is 16.3 Å². The Morgan fingerprint density at radius 2 is 1.90 bits per heavy atom. The third-order valence-electron chi connectivity index (χ3n) is 5.23. The molecule has 1 fully saturated rings. The fourth-order valence-electron chi connectivity index (χ4n) is 3.63. The van der Waals surface area contributed by atoms with Crippen LogP contribution >= 0.6 is 11.6 Å². The molecule has 1 saturated heterocycles. The Hall–Kier alpha value is -2.83. The molecular formula is C23H25ClN4O2. The van der Waals surface area contributed by atoms with Crippen molar-refractivity contribution in [2.45, 2.75) is 13.5 Å². The molecule has 7 heteroatoms. The summed E-state index contributed by atoms with van der Waals surface area (Å²) in [4.78, 5) is 21.2. The molecule has 156 valence electrons. The van der Waals surface area contributed by atoms with Crippen LogP contribution in [0.4, 0.5) is 0 Å². The van der Waals surface area contributed by atoms with E-state index in [1.165, 1.54) is 5.56 Å². The highest BCUT2D eigenvalue weighted by atomic mass is 35.5. The molecule has 30 heavy (non-hydrogen) atoms. The Morgan fingerprint density at radius 3 is 2.63 bits per heavy atom. The SMILES string of the molecule is CCOc1ccc(CN2CCN(C(=O)/C=C/c3c(Cl)nc4ccccn34)CC2)cc1. The van der Waals surface area contributed by atoms with Gasteiger partial charge in [-0.25, -0.2) is 4.98 Å². The minimum absolute atomic E-state index is 0.00216. The maximum atomic E-state index is 12.6. The minimum Gasteiger partial charge on any atom is -0.494 e. The Morgan fingerprint density at radius 1 is 1.13 bits per heavy atom. The molecule has 0 bridgehead atoms. The summed E-state index contributed by atoms with van der Waals surface area (Å²) >= 11 is 6.24.